The van der Waals surface area contributed by atoms with Gasteiger partial charge in [0.15, 0.2) is 12.2 Å². The number of benzene rings is 3. The van der Waals surface area contributed by atoms with Crippen molar-refractivity contribution in [3.63, 3.8) is 0 Å². The topological polar surface area (TPSA) is 125 Å². The van der Waals surface area contributed by atoms with Gasteiger partial charge in [-0.25, -0.2) is 18.5 Å². The van der Waals surface area contributed by atoms with E-state index in [1.165, 1.54) is 18.5 Å². The van der Waals surface area contributed by atoms with Crippen LogP contribution in [0.25, 0.3) is 17.1 Å². The number of ether oxygens (including phenoxy) is 2. The van der Waals surface area contributed by atoms with E-state index in [2.05, 4.69) is 4.98 Å². The Balaban J connectivity index is 1.36. The molecule has 2 unspecified atom stereocenters. The molecular formula is C32H34N2O6S. The van der Waals surface area contributed by atoms with Crippen molar-refractivity contribution in [2.24, 2.45) is 5.14 Å². The molecule has 2 atom stereocenters. The molecule has 3 aromatic carbocycles. The van der Waals surface area contributed by atoms with E-state index in [1.807, 2.05) is 74.5 Å². The lowest BCUT2D eigenvalue weighted by atomic mass is 9.81. The van der Waals surface area contributed by atoms with Crippen LogP contribution in [-0.2, 0) is 38.1 Å². The van der Waals surface area contributed by atoms with Gasteiger partial charge in [-0.1, -0.05) is 48.5 Å². The summed E-state index contributed by atoms with van der Waals surface area (Å²) in [5.41, 5.74) is 3.15. The summed E-state index contributed by atoms with van der Waals surface area (Å²) in [5, 5.41) is 16.7. The molecule has 0 bridgehead atoms. The third-order valence-electron chi connectivity index (χ3n) is 7.20. The molecule has 5 rings (SSSR count). The monoisotopic (exact) mass is 574 g/mol. The van der Waals surface area contributed by atoms with Gasteiger partial charge in [0.1, 0.15) is 12.4 Å². The van der Waals surface area contributed by atoms with Gasteiger partial charge in [0.2, 0.25) is 10.0 Å². The highest BCUT2D eigenvalue weighted by atomic mass is 32.2. The quantitative estimate of drug-likeness (QED) is 0.251. The first-order chi connectivity index (χ1) is 19.6. The van der Waals surface area contributed by atoms with Crippen LogP contribution >= 0.6 is 0 Å². The van der Waals surface area contributed by atoms with E-state index in [-0.39, 0.29) is 17.1 Å². The summed E-state index contributed by atoms with van der Waals surface area (Å²) < 4.78 is 41.1. The van der Waals surface area contributed by atoms with Gasteiger partial charge in [-0.2, -0.15) is 0 Å². The zero-order valence-corrected chi connectivity index (χ0v) is 23.9. The van der Waals surface area contributed by atoms with E-state index in [0.29, 0.717) is 48.6 Å². The Hall–Kier alpha value is -3.76. The summed E-state index contributed by atoms with van der Waals surface area (Å²) in [4.78, 5) is 4.41. The van der Waals surface area contributed by atoms with Gasteiger partial charge in [0.05, 0.1) is 28.4 Å². The van der Waals surface area contributed by atoms with E-state index in [4.69, 9.17) is 19.0 Å². The molecule has 214 valence electrons. The number of aromatic nitrogens is 1. The molecule has 0 saturated carbocycles. The number of oxazole rings is 1. The number of rotatable bonds is 9. The summed E-state index contributed by atoms with van der Waals surface area (Å²) in [6.07, 6.45) is 4.78. The van der Waals surface area contributed by atoms with E-state index in [0.717, 1.165) is 16.7 Å². The van der Waals surface area contributed by atoms with Crippen LogP contribution in [0.15, 0.2) is 101 Å². The molecule has 3 N–H and O–H groups in total. The number of hydrogen-bond acceptors (Lipinski definition) is 7. The van der Waals surface area contributed by atoms with Crippen molar-refractivity contribution in [2.75, 3.05) is 0 Å². The molecule has 1 aliphatic heterocycles. The minimum atomic E-state index is -3.79. The minimum Gasteiger partial charge on any atom is -0.489 e. The first-order valence-electron chi connectivity index (χ1n) is 13.5. The summed E-state index contributed by atoms with van der Waals surface area (Å²) in [6, 6.07) is 23.9. The fourth-order valence-electron chi connectivity index (χ4n) is 5.37. The van der Waals surface area contributed by atoms with E-state index in [1.54, 1.807) is 12.1 Å². The number of sulfonamides is 1. The molecule has 0 amide bonds. The van der Waals surface area contributed by atoms with Crippen LogP contribution in [0.5, 0.6) is 0 Å². The van der Waals surface area contributed by atoms with Gasteiger partial charge in [-0.15, -0.1) is 0 Å². The average molecular weight is 575 g/mol. The summed E-state index contributed by atoms with van der Waals surface area (Å²) in [5.74, 6) is 1.22. The lowest BCUT2D eigenvalue weighted by Crippen LogP contribution is -2.41. The Kier molecular flexibility index (Phi) is 8.42. The molecule has 1 fully saturated rings. The molecule has 41 heavy (non-hydrogen) atoms. The van der Waals surface area contributed by atoms with Crippen molar-refractivity contribution in [1.29, 1.82) is 0 Å². The van der Waals surface area contributed by atoms with Crippen molar-refractivity contribution < 1.29 is 27.4 Å². The van der Waals surface area contributed by atoms with Crippen molar-refractivity contribution >= 4 is 15.8 Å². The highest BCUT2D eigenvalue weighted by Crippen LogP contribution is 2.37. The van der Waals surface area contributed by atoms with Gasteiger partial charge in [-0.3, -0.25) is 0 Å². The third kappa shape index (κ3) is 6.94. The van der Waals surface area contributed by atoms with Crippen molar-refractivity contribution in [1.82, 2.24) is 4.98 Å². The molecule has 9 heteroatoms. The number of nitrogens with two attached hydrogens (primary N) is 1. The molecule has 2 heterocycles. The predicted octanol–water partition coefficient (Wildman–Crippen LogP) is 5.56. The molecule has 0 radical (unpaired) electrons. The van der Waals surface area contributed by atoms with E-state index < -0.39 is 15.6 Å². The molecule has 0 spiro atoms. The highest BCUT2D eigenvalue weighted by Gasteiger charge is 2.38. The number of primary sulfonamides is 1. The molecule has 0 aliphatic carbocycles. The highest BCUT2D eigenvalue weighted by molar-refractivity contribution is 7.89. The van der Waals surface area contributed by atoms with Gasteiger partial charge in [0, 0.05) is 30.4 Å². The van der Waals surface area contributed by atoms with Crippen LogP contribution in [0.4, 0.5) is 0 Å². The van der Waals surface area contributed by atoms with Crippen molar-refractivity contribution in [3.05, 3.63) is 114 Å². The number of nitrogens with zero attached hydrogens (tertiary/aromatic N) is 1. The van der Waals surface area contributed by atoms with Gasteiger partial charge < -0.3 is 19.0 Å². The molecule has 8 nitrogen and oxygen atoms in total. The standard InChI is InChI=1S/C32H34N2O6S/c1-22-18-32(35,19-23(2)40-22)27-10-6-7-24(17-27)20-38-30(25-8-4-3-5-9-25)16-15-29-31(39-21-34-29)26-11-13-28(14-12-26)41(33,36)37/h3-14,16-17,21-23,35H,15,18-20H2,1-2H3,(H2,33,36,37)/b30-16+. The lowest BCUT2D eigenvalue weighted by molar-refractivity contribution is -0.135. The maximum atomic E-state index is 11.6. The van der Waals surface area contributed by atoms with E-state index in [9.17, 15) is 13.5 Å². The fraction of sp³-hybridized carbons (Fsp3) is 0.281. The molecule has 1 saturated heterocycles. The first kappa shape index (κ1) is 28.8. The summed E-state index contributed by atoms with van der Waals surface area (Å²) >= 11 is 0. The normalized spacial score (nSPS) is 21.5. The fourth-order valence-corrected chi connectivity index (χ4v) is 5.89. The van der Waals surface area contributed by atoms with Gasteiger partial charge >= 0.3 is 0 Å². The second-order valence-corrected chi connectivity index (χ2v) is 12.1. The number of hydrogen-bond donors (Lipinski definition) is 2. The minimum absolute atomic E-state index is 0.0238. The second kappa shape index (κ2) is 12.0. The van der Waals surface area contributed by atoms with Crippen molar-refractivity contribution in [2.45, 2.75) is 62.4 Å². The maximum absolute atomic E-state index is 11.6. The molecular weight excluding hydrogens is 540 g/mol. The zero-order chi connectivity index (χ0) is 29.0. The van der Waals surface area contributed by atoms with Crippen molar-refractivity contribution in [3.8, 4) is 11.3 Å². The Morgan fingerprint density at radius 3 is 2.44 bits per heavy atom. The van der Waals surface area contributed by atoms with Crippen LogP contribution in [0.2, 0.25) is 0 Å². The second-order valence-electron chi connectivity index (χ2n) is 10.5. The molecule has 1 aromatic heterocycles. The molecule has 4 aromatic rings. The Morgan fingerprint density at radius 1 is 1.05 bits per heavy atom. The summed E-state index contributed by atoms with van der Waals surface area (Å²) in [7, 11) is -3.79. The summed E-state index contributed by atoms with van der Waals surface area (Å²) in [6.45, 7) is 4.29. The maximum Gasteiger partial charge on any atom is 0.238 e. The van der Waals surface area contributed by atoms with Crippen LogP contribution < -0.4 is 5.14 Å². The van der Waals surface area contributed by atoms with E-state index >= 15 is 0 Å². The van der Waals surface area contributed by atoms with Crippen LogP contribution in [0, 0.1) is 0 Å². The average Bonchev–Trinajstić information content (AvgIpc) is 3.41. The predicted molar refractivity (Wildman–Crippen MR) is 156 cm³/mol. The number of aliphatic hydroxyl groups is 1. The third-order valence-corrected chi connectivity index (χ3v) is 8.13. The SMILES string of the molecule is CC1CC(O)(c2cccc(CO/C(=C/Cc3ncoc3-c3ccc(S(N)(=O)=O)cc3)c3ccccc3)c2)CC(C)O1. The largest absolute Gasteiger partial charge is 0.489 e. The smallest absolute Gasteiger partial charge is 0.238 e. The zero-order valence-electron chi connectivity index (χ0n) is 23.1. The van der Waals surface area contributed by atoms with Gasteiger partial charge in [0.25, 0.3) is 0 Å². The Labute approximate surface area is 240 Å². The number of allylic oxidation sites excluding steroid dienone is 1. The Morgan fingerprint density at radius 2 is 1.76 bits per heavy atom. The lowest BCUT2D eigenvalue weighted by Gasteiger charge is -2.39. The molecule has 1 aliphatic rings. The Bertz CT molecular complexity index is 1600. The first-order valence-corrected chi connectivity index (χ1v) is 15.1. The van der Waals surface area contributed by atoms with Crippen LogP contribution in [0.1, 0.15) is 49.1 Å². The van der Waals surface area contributed by atoms with Crippen LogP contribution in [-0.4, -0.2) is 30.7 Å². The van der Waals surface area contributed by atoms with Gasteiger partial charge in [-0.05, 0) is 61.4 Å². The van der Waals surface area contributed by atoms with Crippen LogP contribution in [0.3, 0.4) is 0 Å².